The molecule has 2 saturated heterocycles. The Morgan fingerprint density at radius 3 is 2.33 bits per heavy atom. The van der Waals surface area contributed by atoms with Crippen molar-refractivity contribution in [2.24, 2.45) is 5.92 Å². The maximum Gasteiger partial charge on any atom is 0.257 e. The Morgan fingerprint density at radius 1 is 0.963 bits per heavy atom. The Labute approximate surface area is 160 Å². The monoisotopic (exact) mass is 372 g/mol. The molecule has 1 aromatic rings. The number of morpholine rings is 1. The highest BCUT2D eigenvalue weighted by atomic mass is 16.5. The number of ether oxygens (including phenoxy) is 1. The van der Waals surface area contributed by atoms with Crippen LogP contribution in [0.5, 0.6) is 0 Å². The lowest BCUT2D eigenvalue weighted by Crippen LogP contribution is -2.52. The molecule has 0 unspecified atom stereocenters. The molecule has 1 aromatic heterocycles. The normalized spacial score (nSPS) is 21.6. The third kappa shape index (κ3) is 3.93. The van der Waals surface area contributed by atoms with Gasteiger partial charge in [-0.3, -0.25) is 9.59 Å². The molecule has 2 amide bonds. The molecule has 1 aliphatic carbocycles. The van der Waals surface area contributed by atoms with E-state index in [9.17, 15) is 9.59 Å². The summed E-state index contributed by atoms with van der Waals surface area (Å²) in [6, 6.07) is 3.67. The van der Waals surface area contributed by atoms with Crippen LogP contribution in [0, 0.1) is 5.92 Å². The van der Waals surface area contributed by atoms with E-state index in [0.29, 0.717) is 45.0 Å². The van der Waals surface area contributed by atoms with E-state index in [1.807, 2.05) is 21.9 Å². The summed E-state index contributed by atoms with van der Waals surface area (Å²) in [4.78, 5) is 36.1. The molecule has 0 atom stereocenters. The second-order valence-electron chi connectivity index (χ2n) is 7.57. The van der Waals surface area contributed by atoms with Gasteiger partial charge in [-0.1, -0.05) is 12.8 Å². The quantitative estimate of drug-likeness (QED) is 0.802. The van der Waals surface area contributed by atoms with Crippen LogP contribution < -0.4 is 4.90 Å². The Hall–Kier alpha value is -2.15. The third-order valence-corrected chi connectivity index (χ3v) is 5.91. The number of aromatic nitrogens is 1. The fourth-order valence-corrected chi connectivity index (χ4v) is 4.32. The van der Waals surface area contributed by atoms with Gasteiger partial charge in [-0.15, -0.1) is 0 Å². The average Bonchev–Trinajstić information content (AvgIpc) is 3.28. The van der Waals surface area contributed by atoms with Gasteiger partial charge in [0, 0.05) is 51.4 Å². The lowest BCUT2D eigenvalue weighted by atomic mass is 10.1. The van der Waals surface area contributed by atoms with Gasteiger partial charge in [0.2, 0.25) is 5.91 Å². The number of rotatable bonds is 3. The Balaban J connectivity index is 1.40. The summed E-state index contributed by atoms with van der Waals surface area (Å²) >= 11 is 0. The first-order valence-corrected chi connectivity index (χ1v) is 10.1. The maximum absolute atomic E-state index is 13.1. The van der Waals surface area contributed by atoms with E-state index in [0.717, 1.165) is 31.7 Å². The lowest BCUT2D eigenvalue weighted by molar-refractivity contribution is -0.136. The number of hydrogen-bond acceptors (Lipinski definition) is 5. The Kier molecular flexibility index (Phi) is 5.57. The number of carbonyl (C=O) groups excluding carboxylic acids is 2. The van der Waals surface area contributed by atoms with Crippen LogP contribution in [0.25, 0.3) is 0 Å². The molecule has 7 heteroatoms. The van der Waals surface area contributed by atoms with Gasteiger partial charge in [-0.2, -0.15) is 0 Å². The highest BCUT2D eigenvalue weighted by molar-refractivity contribution is 5.99. The number of piperazine rings is 1. The van der Waals surface area contributed by atoms with Crippen molar-refractivity contribution in [3.05, 3.63) is 23.9 Å². The number of anilines is 1. The number of carbonyl (C=O) groups is 2. The molecule has 0 bridgehead atoms. The van der Waals surface area contributed by atoms with Crippen molar-refractivity contribution < 1.29 is 14.3 Å². The minimum atomic E-state index is 0.0116. The zero-order valence-corrected chi connectivity index (χ0v) is 15.8. The van der Waals surface area contributed by atoms with Crippen molar-refractivity contribution in [3.8, 4) is 0 Å². The number of hydrogen-bond donors (Lipinski definition) is 0. The number of nitrogens with zero attached hydrogens (tertiary/aromatic N) is 4. The van der Waals surface area contributed by atoms with Crippen LogP contribution in [0.4, 0.5) is 5.82 Å². The Morgan fingerprint density at radius 2 is 1.63 bits per heavy atom. The van der Waals surface area contributed by atoms with Gasteiger partial charge in [-0.05, 0) is 25.0 Å². The van der Waals surface area contributed by atoms with E-state index in [4.69, 9.17) is 4.74 Å². The molecule has 146 valence electrons. The second kappa shape index (κ2) is 8.25. The molecule has 3 fully saturated rings. The summed E-state index contributed by atoms with van der Waals surface area (Å²) in [5, 5.41) is 0. The molecule has 0 spiro atoms. The van der Waals surface area contributed by atoms with Crippen LogP contribution in [0.2, 0.25) is 0 Å². The van der Waals surface area contributed by atoms with Gasteiger partial charge >= 0.3 is 0 Å². The fourth-order valence-electron chi connectivity index (χ4n) is 4.32. The van der Waals surface area contributed by atoms with Crippen LogP contribution in [-0.2, 0) is 9.53 Å². The standard InChI is InChI=1S/C20H28N4O3/c25-19(16-4-1-2-5-16)23-8-10-24(11-9-23)20(26)17-6-3-7-21-18(17)22-12-14-27-15-13-22/h3,6-7,16H,1-2,4-5,8-15H2. The molecule has 0 N–H and O–H groups in total. The molecule has 2 aliphatic heterocycles. The fraction of sp³-hybridized carbons (Fsp3) is 0.650. The zero-order chi connectivity index (χ0) is 18.6. The van der Waals surface area contributed by atoms with Gasteiger partial charge in [0.1, 0.15) is 5.82 Å². The molecule has 3 heterocycles. The SMILES string of the molecule is O=C(c1cccnc1N1CCOCC1)N1CCN(C(=O)C2CCCC2)CC1. The number of amides is 2. The van der Waals surface area contributed by atoms with Crippen molar-refractivity contribution in [1.82, 2.24) is 14.8 Å². The second-order valence-corrected chi connectivity index (χ2v) is 7.57. The van der Waals surface area contributed by atoms with Gasteiger partial charge in [0.05, 0.1) is 18.8 Å². The molecule has 3 aliphatic rings. The van der Waals surface area contributed by atoms with E-state index in [1.54, 1.807) is 6.20 Å². The summed E-state index contributed by atoms with van der Waals surface area (Å²) in [5.74, 6) is 1.25. The average molecular weight is 372 g/mol. The largest absolute Gasteiger partial charge is 0.378 e. The third-order valence-electron chi connectivity index (χ3n) is 5.91. The first-order valence-electron chi connectivity index (χ1n) is 10.1. The van der Waals surface area contributed by atoms with Crippen molar-refractivity contribution in [3.63, 3.8) is 0 Å². The first kappa shape index (κ1) is 18.2. The summed E-state index contributed by atoms with van der Waals surface area (Å²) in [6.45, 7) is 5.27. The van der Waals surface area contributed by atoms with Crippen LogP contribution in [0.1, 0.15) is 36.0 Å². The summed E-state index contributed by atoms with van der Waals surface area (Å²) < 4.78 is 5.41. The van der Waals surface area contributed by atoms with E-state index < -0.39 is 0 Å². The molecule has 1 saturated carbocycles. The van der Waals surface area contributed by atoms with E-state index in [1.165, 1.54) is 12.8 Å². The highest BCUT2D eigenvalue weighted by Gasteiger charge is 2.31. The van der Waals surface area contributed by atoms with Gasteiger partial charge in [0.15, 0.2) is 0 Å². The minimum Gasteiger partial charge on any atom is -0.378 e. The minimum absolute atomic E-state index is 0.0116. The van der Waals surface area contributed by atoms with Crippen LogP contribution >= 0.6 is 0 Å². The van der Waals surface area contributed by atoms with Gasteiger partial charge in [0.25, 0.3) is 5.91 Å². The van der Waals surface area contributed by atoms with Crippen LogP contribution in [-0.4, -0.2) is 79.1 Å². The molecule has 27 heavy (non-hydrogen) atoms. The first-order chi connectivity index (χ1) is 13.2. The van der Waals surface area contributed by atoms with Crippen molar-refractivity contribution in [2.75, 3.05) is 57.4 Å². The highest BCUT2D eigenvalue weighted by Crippen LogP contribution is 2.27. The molecular weight excluding hydrogens is 344 g/mol. The van der Waals surface area contributed by atoms with Crippen molar-refractivity contribution in [1.29, 1.82) is 0 Å². The molecule has 7 nitrogen and oxygen atoms in total. The van der Waals surface area contributed by atoms with Gasteiger partial charge in [-0.25, -0.2) is 4.98 Å². The van der Waals surface area contributed by atoms with E-state index in [2.05, 4.69) is 9.88 Å². The lowest BCUT2D eigenvalue weighted by Gasteiger charge is -2.36. The maximum atomic E-state index is 13.1. The topological polar surface area (TPSA) is 66.0 Å². The number of pyridine rings is 1. The zero-order valence-electron chi connectivity index (χ0n) is 15.8. The molecule has 0 radical (unpaired) electrons. The van der Waals surface area contributed by atoms with Crippen LogP contribution in [0.3, 0.4) is 0 Å². The van der Waals surface area contributed by atoms with Crippen molar-refractivity contribution >= 4 is 17.6 Å². The van der Waals surface area contributed by atoms with E-state index >= 15 is 0 Å². The van der Waals surface area contributed by atoms with Gasteiger partial charge < -0.3 is 19.4 Å². The van der Waals surface area contributed by atoms with Crippen LogP contribution in [0.15, 0.2) is 18.3 Å². The van der Waals surface area contributed by atoms with E-state index in [-0.39, 0.29) is 17.7 Å². The van der Waals surface area contributed by atoms with Crippen molar-refractivity contribution in [2.45, 2.75) is 25.7 Å². The summed E-state index contributed by atoms with van der Waals surface area (Å²) in [6.07, 6.45) is 6.12. The molecule has 4 rings (SSSR count). The Bertz CT molecular complexity index is 676. The predicted molar refractivity (Wildman–Crippen MR) is 102 cm³/mol. The smallest absolute Gasteiger partial charge is 0.257 e. The molecule has 0 aromatic carbocycles. The summed E-state index contributed by atoms with van der Waals surface area (Å²) in [7, 11) is 0. The molecular formula is C20H28N4O3. The predicted octanol–water partition coefficient (Wildman–Crippen LogP) is 1.39. The summed E-state index contributed by atoms with van der Waals surface area (Å²) in [5.41, 5.74) is 0.648.